The molecule has 3 heteroatoms. The lowest BCUT2D eigenvalue weighted by Gasteiger charge is -2.23. The smallest absolute Gasteiger partial charge is 0.0956 e. The van der Waals surface area contributed by atoms with Crippen LogP contribution in [0.3, 0.4) is 0 Å². The van der Waals surface area contributed by atoms with Crippen LogP contribution in [0.2, 0.25) is 0 Å². The monoisotopic (exact) mass is 235 g/mol. The summed E-state index contributed by atoms with van der Waals surface area (Å²) in [6.07, 6.45) is 1.37. The average molecular weight is 235 g/mol. The lowest BCUT2D eigenvalue weighted by Crippen LogP contribution is -2.25. The maximum Gasteiger partial charge on any atom is 0.0956 e. The Morgan fingerprint density at radius 2 is 2.29 bits per heavy atom. The Morgan fingerprint density at radius 1 is 1.47 bits per heavy atom. The number of nitrogens with one attached hydrogen (secondary N) is 1. The van der Waals surface area contributed by atoms with Gasteiger partial charge >= 0.3 is 0 Å². The fraction of sp³-hybridized carbons (Fsp3) is 0.571. The van der Waals surface area contributed by atoms with Crippen LogP contribution in [0.25, 0.3) is 0 Å². The first kappa shape index (κ1) is 12.6. The molecule has 1 fully saturated rings. The van der Waals surface area contributed by atoms with Gasteiger partial charge in [-0.05, 0) is 31.5 Å². The van der Waals surface area contributed by atoms with E-state index in [4.69, 9.17) is 9.47 Å². The Hall–Kier alpha value is -0.900. The van der Waals surface area contributed by atoms with E-state index in [1.165, 1.54) is 11.1 Å². The summed E-state index contributed by atoms with van der Waals surface area (Å²) >= 11 is 0. The Labute approximate surface area is 103 Å². The third-order valence-corrected chi connectivity index (χ3v) is 3.17. The molecule has 2 rings (SSSR count). The first-order chi connectivity index (χ1) is 8.31. The van der Waals surface area contributed by atoms with Crippen LogP contribution >= 0.6 is 0 Å². The van der Waals surface area contributed by atoms with Gasteiger partial charge in [-0.3, -0.25) is 0 Å². The second kappa shape index (κ2) is 6.15. The highest BCUT2D eigenvalue weighted by atomic mass is 16.6. The summed E-state index contributed by atoms with van der Waals surface area (Å²) in [5.41, 5.74) is 2.56. The lowest BCUT2D eigenvalue weighted by atomic mass is 10.0. The molecule has 0 aromatic heterocycles. The van der Waals surface area contributed by atoms with Crippen LogP contribution < -0.4 is 5.32 Å². The van der Waals surface area contributed by atoms with E-state index < -0.39 is 0 Å². The third-order valence-electron chi connectivity index (χ3n) is 3.17. The first-order valence-corrected chi connectivity index (χ1v) is 6.24. The number of aryl methyl sites for hydroxylation is 1. The molecule has 1 aromatic rings. The Bertz CT molecular complexity index is 348. The van der Waals surface area contributed by atoms with Crippen LogP contribution in [0.4, 0.5) is 0 Å². The van der Waals surface area contributed by atoms with Crippen molar-refractivity contribution < 1.29 is 9.47 Å². The fourth-order valence-corrected chi connectivity index (χ4v) is 2.22. The van der Waals surface area contributed by atoms with Gasteiger partial charge in [0.2, 0.25) is 0 Å². The molecule has 0 radical (unpaired) electrons. The molecule has 0 aliphatic carbocycles. The average Bonchev–Trinajstić information content (AvgIpc) is 2.82. The van der Waals surface area contributed by atoms with Gasteiger partial charge in [0.15, 0.2) is 0 Å². The molecule has 2 unspecified atom stereocenters. The van der Waals surface area contributed by atoms with Gasteiger partial charge in [-0.1, -0.05) is 24.3 Å². The van der Waals surface area contributed by atoms with Crippen molar-refractivity contribution in [2.75, 3.05) is 26.8 Å². The predicted molar refractivity (Wildman–Crippen MR) is 68.2 cm³/mol. The third kappa shape index (κ3) is 3.28. The van der Waals surface area contributed by atoms with Gasteiger partial charge in [0.05, 0.1) is 18.8 Å². The van der Waals surface area contributed by atoms with Gasteiger partial charge in [-0.25, -0.2) is 0 Å². The summed E-state index contributed by atoms with van der Waals surface area (Å²) in [5, 5.41) is 3.20. The fourth-order valence-electron chi connectivity index (χ4n) is 2.22. The number of benzene rings is 1. The molecular weight excluding hydrogens is 214 g/mol. The highest BCUT2D eigenvalue weighted by Gasteiger charge is 2.22. The normalized spacial score (nSPS) is 21.6. The van der Waals surface area contributed by atoms with E-state index >= 15 is 0 Å². The second-order valence-electron chi connectivity index (χ2n) is 4.52. The largest absolute Gasteiger partial charge is 0.379 e. The van der Waals surface area contributed by atoms with Gasteiger partial charge in [0.1, 0.15) is 0 Å². The van der Waals surface area contributed by atoms with Gasteiger partial charge in [-0.15, -0.1) is 0 Å². The molecule has 0 amide bonds. The standard InChI is InChI=1S/C14H21NO2/c1-11-5-3-4-6-13(11)14(9-15-2)17-12-7-8-16-10-12/h3-6,12,14-15H,7-10H2,1-2H3. The Kier molecular flexibility index (Phi) is 4.54. The maximum absolute atomic E-state index is 6.13. The highest BCUT2D eigenvalue weighted by Crippen LogP contribution is 2.24. The maximum atomic E-state index is 6.13. The van der Waals surface area contributed by atoms with E-state index in [9.17, 15) is 0 Å². The first-order valence-electron chi connectivity index (χ1n) is 6.24. The zero-order valence-electron chi connectivity index (χ0n) is 10.6. The van der Waals surface area contributed by atoms with E-state index in [1.54, 1.807) is 0 Å². The molecule has 1 saturated heterocycles. The predicted octanol–water partition coefficient (Wildman–Crippen LogP) is 2.06. The molecule has 1 N–H and O–H groups in total. The minimum atomic E-state index is 0.118. The molecule has 94 valence electrons. The van der Waals surface area contributed by atoms with Crippen molar-refractivity contribution in [2.24, 2.45) is 0 Å². The molecule has 1 heterocycles. The Morgan fingerprint density at radius 3 is 2.94 bits per heavy atom. The van der Waals surface area contributed by atoms with Crippen LogP contribution in [0.15, 0.2) is 24.3 Å². The van der Waals surface area contributed by atoms with Crippen LogP contribution in [0.1, 0.15) is 23.7 Å². The Balaban J connectivity index is 2.08. The second-order valence-corrected chi connectivity index (χ2v) is 4.52. The van der Waals surface area contributed by atoms with Gasteiger partial charge in [0, 0.05) is 13.2 Å². The van der Waals surface area contributed by atoms with E-state index in [0.29, 0.717) is 0 Å². The number of hydrogen-bond acceptors (Lipinski definition) is 3. The molecule has 1 aromatic carbocycles. The van der Waals surface area contributed by atoms with Crippen LogP contribution in [-0.2, 0) is 9.47 Å². The highest BCUT2D eigenvalue weighted by molar-refractivity contribution is 5.28. The molecule has 3 nitrogen and oxygen atoms in total. The van der Waals surface area contributed by atoms with Crippen molar-refractivity contribution in [1.82, 2.24) is 5.32 Å². The molecule has 0 saturated carbocycles. The number of likely N-dealkylation sites (N-methyl/N-ethyl adjacent to an activating group) is 1. The lowest BCUT2D eigenvalue weighted by molar-refractivity contribution is -0.0159. The zero-order chi connectivity index (χ0) is 12.1. The number of rotatable bonds is 5. The molecule has 0 spiro atoms. The molecule has 2 atom stereocenters. The van der Waals surface area contributed by atoms with Crippen LogP contribution in [-0.4, -0.2) is 32.9 Å². The van der Waals surface area contributed by atoms with Crippen molar-refractivity contribution in [1.29, 1.82) is 0 Å². The quantitative estimate of drug-likeness (QED) is 0.847. The summed E-state index contributed by atoms with van der Waals surface area (Å²) in [6, 6.07) is 8.41. The summed E-state index contributed by atoms with van der Waals surface area (Å²) in [6.45, 7) is 4.52. The van der Waals surface area contributed by atoms with Gasteiger partial charge in [0.25, 0.3) is 0 Å². The van der Waals surface area contributed by atoms with Crippen molar-refractivity contribution in [2.45, 2.75) is 25.6 Å². The van der Waals surface area contributed by atoms with E-state index in [1.807, 2.05) is 7.05 Å². The van der Waals surface area contributed by atoms with E-state index in [-0.39, 0.29) is 12.2 Å². The van der Waals surface area contributed by atoms with Crippen molar-refractivity contribution >= 4 is 0 Å². The molecule has 1 aliphatic heterocycles. The summed E-state index contributed by atoms with van der Waals surface area (Å²) < 4.78 is 11.5. The topological polar surface area (TPSA) is 30.5 Å². The van der Waals surface area contributed by atoms with Crippen molar-refractivity contribution in [3.63, 3.8) is 0 Å². The van der Waals surface area contributed by atoms with E-state index in [2.05, 4.69) is 36.5 Å². The zero-order valence-corrected chi connectivity index (χ0v) is 10.6. The number of ether oxygens (including phenoxy) is 2. The van der Waals surface area contributed by atoms with Gasteiger partial charge < -0.3 is 14.8 Å². The minimum absolute atomic E-state index is 0.118. The molecule has 0 bridgehead atoms. The summed E-state index contributed by atoms with van der Waals surface area (Å²) in [7, 11) is 1.96. The molecule has 1 aliphatic rings. The molecular formula is C14H21NO2. The van der Waals surface area contributed by atoms with Crippen LogP contribution in [0.5, 0.6) is 0 Å². The van der Waals surface area contributed by atoms with E-state index in [0.717, 1.165) is 26.2 Å². The summed E-state index contributed by atoms with van der Waals surface area (Å²) in [5.74, 6) is 0. The van der Waals surface area contributed by atoms with Gasteiger partial charge in [-0.2, -0.15) is 0 Å². The van der Waals surface area contributed by atoms with Crippen LogP contribution in [0, 0.1) is 6.92 Å². The van der Waals surface area contributed by atoms with Crippen molar-refractivity contribution in [3.05, 3.63) is 35.4 Å². The SMILES string of the molecule is CNCC(OC1CCOC1)c1ccccc1C. The van der Waals surface area contributed by atoms with Crippen molar-refractivity contribution in [3.8, 4) is 0 Å². The molecule has 17 heavy (non-hydrogen) atoms. The summed E-state index contributed by atoms with van der Waals surface area (Å²) in [4.78, 5) is 0. The minimum Gasteiger partial charge on any atom is -0.379 e. The number of hydrogen-bond donors (Lipinski definition) is 1.